The van der Waals surface area contributed by atoms with Gasteiger partial charge in [0.05, 0.1) is 13.2 Å². The largest absolute Gasteiger partial charge is 0.395 e. The summed E-state index contributed by atoms with van der Waals surface area (Å²) in [4.78, 5) is 0. The minimum Gasteiger partial charge on any atom is -0.395 e. The van der Waals surface area contributed by atoms with Crippen molar-refractivity contribution < 1.29 is 9.84 Å². The maximum Gasteiger partial charge on any atom is 0.0586 e. The zero-order valence-electron chi connectivity index (χ0n) is 5.42. The standard InChI is InChI=1S/C6H13NO2/c7-6(3-8)5-1-2-9-4-5/h5-6,8H,1-4,7H2/t5-,6+/m0/s1. The normalized spacial score (nSPS) is 30.7. The van der Waals surface area contributed by atoms with Crippen LogP contribution in [0.2, 0.25) is 0 Å². The first kappa shape index (κ1) is 6.99. The molecule has 0 amide bonds. The lowest BCUT2D eigenvalue weighted by Crippen LogP contribution is -2.33. The second-order valence-electron chi connectivity index (χ2n) is 2.47. The molecule has 0 spiro atoms. The van der Waals surface area contributed by atoms with Crippen molar-refractivity contribution in [3.05, 3.63) is 0 Å². The fraction of sp³-hybridized carbons (Fsp3) is 1.00. The molecule has 3 nitrogen and oxygen atoms in total. The molecule has 0 radical (unpaired) electrons. The second-order valence-corrected chi connectivity index (χ2v) is 2.47. The smallest absolute Gasteiger partial charge is 0.0586 e. The highest BCUT2D eigenvalue weighted by atomic mass is 16.5. The van der Waals surface area contributed by atoms with Crippen LogP contribution < -0.4 is 5.73 Å². The Morgan fingerprint density at radius 1 is 1.78 bits per heavy atom. The first-order chi connectivity index (χ1) is 4.34. The highest BCUT2D eigenvalue weighted by Crippen LogP contribution is 2.14. The summed E-state index contributed by atoms with van der Waals surface area (Å²) >= 11 is 0. The number of nitrogens with two attached hydrogens (primary N) is 1. The van der Waals surface area contributed by atoms with Gasteiger partial charge < -0.3 is 15.6 Å². The summed E-state index contributed by atoms with van der Waals surface area (Å²) in [5.74, 6) is 0.384. The molecule has 0 saturated carbocycles. The van der Waals surface area contributed by atoms with E-state index in [1.807, 2.05) is 0 Å². The summed E-state index contributed by atoms with van der Waals surface area (Å²) in [6.45, 7) is 1.61. The van der Waals surface area contributed by atoms with E-state index >= 15 is 0 Å². The Hall–Kier alpha value is -0.120. The lowest BCUT2D eigenvalue weighted by atomic mass is 10.0. The summed E-state index contributed by atoms with van der Waals surface area (Å²) < 4.78 is 5.09. The first-order valence-electron chi connectivity index (χ1n) is 3.28. The van der Waals surface area contributed by atoms with Crippen molar-refractivity contribution in [3.63, 3.8) is 0 Å². The molecule has 54 valence electrons. The van der Waals surface area contributed by atoms with Crippen molar-refractivity contribution in [1.29, 1.82) is 0 Å². The van der Waals surface area contributed by atoms with Gasteiger partial charge in [0, 0.05) is 18.6 Å². The molecule has 9 heavy (non-hydrogen) atoms. The second kappa shape index (κ2) is 3.15. The summed E-state index contributed by atoms with van der Waals surface area (Å²) in [5.41, 5.74) is 5.55. The van der Waals surface area contributed by atoms with Crippen molar-refractivity contribution in [1.82, 2.24) is 0 Å². The lowest BCUT2D eigenvalue weighted by Gasteiger charge is -2.13. The molecular weight excluding hydrogens is 118 g/mol. The molecule has 1 fully saturated rings. The van der Waals surface area contributed by atoms with Crippen LogP contribution in [0, 0.1) is 5.92 Å². The van der Waals surface area contributed by atoms with Gasteiger partial charge in [-0.1, -0.05) is 0 Å². The third-order valence-electron chi connectivity index (χ3n) is 1.78. The Balaban J connectivity index is 2.24. The molecule has 1 aliphatic heterocycles. The average Bonchev–Trinajstić information content (AvgIpc) is 2.37. The van der Waals surface area contributed by atoms with Gasteiger partial charge in [-0.25, -0.2) is 0 Å². The summed E-state index contributed by atoms with van der Waals surface area (Å²) in [7, 11) is 0. The summed E-state index contributed by atoms with van der Waals surface area (Å²) in [5, 5.41) is 8.61. The molecule has 2 atom stereocenters. The third kappa shape index (κ3) is 1.64. The van der Waals surface area contributed by atoms with E-state index in [2.05, 4.69) is 0 Å². The molecule has 1 rings (SSSR count). The molecule has 3 N–H and O–H groups in total. The van der Waals surface area contributed by atoms with E-state index in [-0.39, 0.29) is 12.6 Å². The predicted molar refractivity (Wildman–Crippen MR) is 34.0 cm³/mol. The van der Waals surface area contributed by atoms with Gasteiger partial charge in [-0.05, 0) is 6.42 Å². The molecule has 1 heterocycles. The molecule has 1 saturated heterocycles. The van der Waals surface area contributed by atoms with E-state index in [1.165, 1.54) is 0 Å². The van der Waals surface area contributed by atoms with Crippen LogP contribution in [0.25, 0.3) is 0 Å². The SMILES string of the molecule is N[C@H](CO)[C@H]1CCOC1. The van der Waals surface area contributed by atoms with Crippen LogP contribution in [0.15, 0.2) is 0 Å². The molecular formula is C6H13NO2. The van der Waals surface area contributed by atoms with Crippen molar-refractivity contribution in [2.24, 2.45) is 11.7 Å². The number of ether oxygens (including phenoxy) is 1. The summed E-state index contributed by atoms with van der Waals surface area (Å²) in [6.07, 6.45) is 1.00. The molecule has 1 aliphatic rings. The van der Waals surface area contributed by atoms with Crippen molar-refractivity contribution >= 4 is 0 Å². The zero-order valence-corrected chi connectivity index (χ0v) is 5.42. The molecule has 0 bridgehead atoms. The van der Waals surface area contributed by atoms with Crippen LogP contribution in [0.1, 0.15) is 6.42 Å². The Bertz CT molecular complexity index is 81.1. The fourth-order valence-corrected chi connectivity index (χ4v) is 1.04. The fourth-order valence-electron chi connectivity index (χ4n) is 1.04. The number of aliphatic hydroxyl groups excluding tert-OH is 1. The van der Waals surface area contributed by atoms with Crippen LogP contribution >= 0.6 is 0 Å². The number of hydrogen-bond acceptors (Lipinski definition) is 3. The zero-order chi connectivity index (χ0) is 6.69. The number of aliphatic hydroxyl groups is 1. The van der Waals surface area contributed by atoms with Gasteiger partial charge in [0.15, 0.2) is 0 Å². The quantitative estimate of drug-likeness (QED) is 0.523. The predicted octanol–water partition coefficient (Wildman–Crippen LogP) is -0.658. The van der Waals surface area contributed by atoms with Gasteiger partial charge in [-0.15, -0.1) is 0 Å². The molecule has 0 aromatic heterocycles. The Morgan fingerprint density at radius 3 is 3.00 bits per heavy atom. The summed E-state index contributed by atoms with van der Waals surface area (Å²) in [6, 6.07) is -0.0764. The van der Waals surface area contributed by atoms with E-state index in [4.69, 9.17) is 15.6 Å². The topological polar surface area (TPSA) is 55.5 Å². The maximum absolute atomic E-state index is 8.61. The highest BCUT2D eigenvalue weighted by Gasteiger charge is 2.21. The van der Waals surface area contributed by atoms with Crippen LogP contribution in [-0.2, 0) is 4.74 Å². The van der Waals surface area contributed by atoms with Gasteiger partial charge >= 0.3 is 0 Å². The van der Waals surface area contributed by atoms with Crippen molar-refractivity contribution in [2.45, 2.75) is 12.5 Å². The van der Waals surface area contributed by atoms with E-state index in [9.17, 15) is 0 Å². The minimum absolute atomic E-state index is 0.0764. The van der Waals surface area contributed by atoms with Crippen LogP contribution in [0.4, 0.5) is 0 Å². The molecule has 0 aromatic carbocycles. The number of rotatable bonds is 2. The van der Waals surface area contributed by atoms with Crippen LogP contribution in [0.5, 0.6) is 0 Å². The lowest BCUT2D eigenvalue weighted by molar-refractivity contribution is 0.166. The monoisotopic (exact) mass is 131 g/mol. The third-order valence-corrected chi connectivity index (χ3v) is 1.78. The van der Waals surface area contributed by atoms with Gasteiger partial charge in [0.25, 0.3) is 0 Å². The van der Waals surface area contributed by atoms with Crippen LogP contribution in [-0.4, -0.2) is 31.0 Å². The molecule has 0 aliphatic carbocycles. The van der Waals surface area contributed by atoms with E-state index in [0.717, 1.165) is 19.6 Å². The molecule has 3 heteroatoms. The molecule has 0 unspecified atom stereocenters. The van der Waals surface area contributed by atoms with E-state index in [1.54, 1.807) is 0 Å². The Labute approximate surface area is 54.8 Å². The van der Waals surface area contributed by atoms with Crippen molar-refractivity contribution in [3.8, 4) is 0 Å². The van der Waals surface area contributed by atoms with Gasteiger partial charge in [0.2, 0.25) is 0 Å². The van der Waals surface area contributed by atoms with E-state index < -0.39 is 0 Å². The maximum atomic E-state index is 8.61. The average molecular weight is 131 g/mol. The van der Waals surface area contributed by atoms with Crippen molar-refractivity contribution in [2.75, 3.05) is 19.8 Å². The minimum atomic E-state index is -0.0764. The van der Waals surface area contributed by atoms with Crippen LogP contribution in [0.3, 0.4) is 0 Å². The Morgan fingerprint density at radius 2 is 2.56 bits per heavy atom. The number of hydrogen-bond donors (Lipinski definition) is 2. The Kier molecular flexibility index (Phi) is 2.45. The van der Waals surface area contributed by atoms with Gasteiger partial charge in [-0.2, -0.15) is 0 Å². The van der Waals surface area contributed by atoms with E-state index in [0.29, 0.717) is 5.92 Å². The van der Waals surface area contributed by atoms with Gasteiger partial charge in [-0.3, -0.25) is 0 Å². The van der Waals surface area contributed by atoms with Gasteiger partial charge in [0.1, 0.15) is 0 Å². The first-order valence-corrected chi connectivity index (χ1v) is 3.28. The highest BCUT2D eigenvalue weighted by molar-refractivity contribution is 4.74. The molecule has 0 aromatic rings.